The highest BCUT2D eigenvalue weighted by atomic mass is 16.2. The molecule has 1 saturated carbocycles. The fourth-order valence-electron chi connectivity index (χ4n) is 5.22. The van der Waals surface area contributed by atoms with E-state index in [-0.39, 0.29) is 36.2 Å². The van der Waals surface area contributed by atoms with Gasteiger partial charge in [0.15, 0.2) is 0 Å². The number of piperidine rings is 1. The van der Waals surface area contributed by atoms with E-state index in [1.165, 1.54) is 0 Å². The molecule has 1 spiro atoms. The average molecular weight is 456 g/mol. The van der Waals surface area contributed by atoms with Crippen molar-refractivity contribution in [1.82, 2.24) is 20.4 Å². The maximum absolute atomic E-state index is 13.0. The fourth-order valence-corrected chi connectivity index (χ4v) is 5.22. The molecule has 5 amide bonds. The Morgan fingerprint density at radius 3 is 2.45 bits per heavy atom. The zero-order chi connectivity index (χ0) is 23.4. The number of nitrogens with one attached hydrogen (secondary N) is 3. The minimum absolute atomic E-state index is 0.0331. The van der Waals surface area contributed by atoms with Crippen LogP contribution in [0.5, 0.6) is 0 Å². The summed E-state index contributed by atoms with van der Waals surface area (Å²) in [6, 6.07) is 8.84. The van der Waals surface area contributed by atoms with Gasteiger partial charge in [0, 0.05) is 24.8 Å². The number of anilines is 1. The van der Waals surface area contributed by atoms with Crippen LogP contribution < -0.4 is 16.0 Å². The topological polar surface area (TPSA) is 111 Å². The lowest BCUT2D eigenvalue weighted by atomic mass is 9.73. The largest absolute Gasteiger partial charge is 0.352 e. The molecule has 9 nitrogen and oxygen atoms in total. The van der Waals surface area contributed by atoms with Crippen molar-refractivity contribution in [3.8, 4) is 0 Å². The van der Waals surface area contributed by atoms with Crippen LogP contribution in [0.1, 0.15) is 45.4 Å². The monoisotopic (exact) mass is 455 g/mol. The van der Waals surface area contributed by atoms with Gasteiger partial charge in [-0.25, -0.2) is 4.79 Å². The van der Waals surface area contributed by atoms with E-state index in [0.29, 0.717) is 38.9 Å². The van der Waals surface area contributed by atoms with E-state index in [0.717, 1.165) is 29.8 Å². The number of likely N-dealkylation sites (tertiary alicyclic amines) is 1. The fraction of sp³-hybridized carbons (Fsp3) is 0.583. The molecular weight excluding hydrogens is 422 g/mol. The van der Waals surface area contributed by atoms with Gasteiger partial charge in [-0.3, -0.25) is 24.2 Å². The molecule has 0 bridgehead atoms. The molecule has 3 fully saturated rings. The van der Waals surface area contributed by atoms with Gasteiger partial charge in [0.1, 0.15) is 12.1 Å². The summed E-state index contributed by atoms with van der Waals surface area (Å²) in [5.74, 6) is -0.583. The summed E-state index contributed by atoms with van der Waals surface area (Å²) >= 11 is 0. The van der Waals surface area contributed by atoms with Crippen LogP contribution in [0.15, 0.2) is 30.3 Å². The van der Waals surface area contributed by atoms with Crippen LogP contribution in [0.2, 0.25) is 0 Å². The summed E-state index contributed by atoms with van der Waals surface area (Å²) in [5.41, 5.74) is -0.0732. The first-order valence-electron chi connectivity index (χ1n) is 11.9. The molecule has 1 aromatic carbocycles. The molecule has 178 valence electrons. The second-order valence-electron chi connectivity index (χ2n) is 9.47. The second-order valence-corrected chi connectivity index (χ2v) is 9.47. The van der Waals surface area contributed by atoms with Crippen LogP contribution in [0, 0.1) is 5.92 Å². The van der Waals surface area contributed by atoms with Crippen LogP contribution in [-0.4, -0.2) is 71.3 Å². The van der Waals surface area contributed by atoms with Crippen molar-refractivity contribution in [1.29, 1.82) is 0 Å². The lowest BCUT2D eigenvalue weighted by Gasteiger charge is -2.36. The molecular formula is C24H33N5O4. The Morgan fingerprint density at radius 1 is 1.03 bits per heavy atom. The van der Waals surface area contributed by atoms with Crippen molar-refractivity contribution in [3.63, 3.8) is 0 Å². The number of rotatable bonds is 6. The van der Waals surface area contributed by atoms with E-state index >= 15 is 0 Å². The Kier molecular flexibility index (Phi) is 6.97. The van der Waals surface area contributed by atoms with Gasteiger partial charge in [0.05, 0.1) is 6.54 Å². The number of nitrogens with zero attached hydrogens (tertiary/aromatic N) is 2. The third-order valence-corrected chi connectivity index (χ3v) is 7.18. The van der Waals surface area contributed by atoms with Crippen molar-refractivity contribution in [3.05, 3.63) is 30.3 Å². The first-order chi connectivity index (χ1) is 15.9. The van der Waals surface area contributed by atoms with E-state index in [1.54, 1.807) is 0 Å². The molecule has 0 radical (unpaired) electrons. The maximum atomic E-state index is 13.0. The molecule has 1 aromatic rings. The van der Waals surface area contributed by atoms with Crippen molar-refractivity contribution >= 4 is 29.4 Å². The summed E-state index contributed by atoms with van der Waals surface area (Å²) in [6.45, 7) is 3.43. The van der Waals surface area contributed by atoms with Crippen LogP contribution >= 0.6 is 0 Å². The number of benzene rings is 1. The van der Waals surface area contributed by atoms with Gasteiger partial charge >= 0.3 is 6.03 Å². The average Bonchev–Trinajstić information content (AvgIpc) is 3.02. The first kappa shape index (κ1) is 23.2. The maximum Gasteiger partial charge on any atom is 0.325 e. The quantitative estimate of drug-likeness (QED) is 0.566. The van der Waals surface area contributed by atoms with Crippen LogP contribution in [0.25, 0.3) is 0 Å². The summed E-state index contributed by atoms with van der Waals surface area (Å²) < 4.78 is 0. The molecule has 1 aliphatic carbocycles. The van der Waals surface area contributed by atoms with Crippen molar-refractivity contribution in [2.24, 2.45) is 5.92 Å². The summed E-state index contributed by atoms with van der Waals surface area (Å²) in [4.78, 5) is 53.5. The number of carbonyl (C=O) groups is 4. The minimum atomic E-state index is -0.846. The zero-order valence-electron chi connectivity index (χ0n) is 19.1. The minimum Gasteiger partial charge on any atom is -0.352 e. The molecule has 3 aliphatic rings. The second kappa shape index (κ2) is 9.91. The normalized spacial score (nSPS) is 26.3. The highest BCUT2D eigenvalue weighted by Gasteiger charge is 2.55. The Labute approximate surface area is 194 Å². The predicted octanol–water partition coefficient (Wildman–Crippen LogP) is 1.71. The standard InChI is InChI=1S/C24H33N5O4/c1-17-7-5-6-12-24(17)22(32)29(23(33)27-24)16-21(31)26-19-10-13-28(14-11-19)15-20(30)25-18-8-3-2-4-9-18/h2-4,8-9,17,19H,5-7,10-16H2,1H3,(H,25,30)(H,26,31)(H,27,33). The Bertz CT molecular complexity index is 899. The van der Waals surface area contributed by atoms with E-state index in [9.17, 15) is 19.2 Å². The molecule has 0 aromatic heterocycles. The van der Waals surface area contributed by atoms with Crippen molar-refractivity contribution < 1.29 is 19.2 Å². The van der Waals surface area contributed by atoms with Gasteiger partial charge in [-0.05, 0) is 43.7 Å². The lowest BCUT2D eigenvalue weighted by molar-refractivity contribution is -0.137. The van der Waals surface area contributed by atoms with Gasteiger partial charge in [-0.15, -0.1) is 0 Å². The lowest BCUT2D eigenvalue weighted by Crippen LogP contribution is -2.54. The summed E-state index contributed by atoms with van der Waals surface area (Å²) in [6.07, 6.45) is 4.91. The van der Waals surface area contributed by atoms with Gasteiger partial charge in [0.2, 0.25) is 11.8 Å². The van der Waals surface area contributed by atoms with E-state index < -0.39 is 11.6 Å². The highest BCUT2D eigenvalue weighted by Crippen LogP contribution is 2.38. The number of para-hydroxylation sites is 1. The molecule has 4 rings (SSSR count). The molecule has 9 heteroatoms. The van der Waals surface area contributed by atoms with Crippen molar-refractivity contribution in [2.75, 3.05) is 31.5 Å². The number of carbonyl (C=O) groups excluding carboxylic acids is 4. The highest BCUT2D eigenvalue weighted by molar-refractivity contribution is 6.09. The number of hydrogen-bond acceptors (Lipinski definition) is 5. The number of hydrogen-bond donors (Lipinski definition) is 3. The molecule has 2 saturated heterocycles. The van der Waals surface area contributed by atoms with Gasteiger partial charge < -0.3 is 16.0 Å². The number of urea groups is 1. The molecule has 2 heterocycles. The zero-order valence-corrected chi connectivity index (χ0v) is 19.1. The van der Waals surface area contributed by atoms with Crippen LogP contribution in [0.3, 0.4) is 0 Å². The first-order valence-corrected chi connectivity index (χ1v) is 11.9. The third-order valence-electron chi connectivity index (χ3n) is 7.18. The van der Waals surface area contributed by atoms with E-state index in [2.05, 4.69) is 20.9 Å². The third kappa shape index (κ3) is 5.19. The molecule has 33 heavy (non-hydrogen) atoms. The Morgan fingerprint density at radius 2 is 1.76 bits per heavy atom. The van der Waals surface area contributed by atoms with Gasteiger partial charge in [-0.2, -0.15) is 0 Å². The SMILES string of the molecule is CC1CCCCC12NC(=O)N(CC(=O)NC1CCN(CC(=O)Nc3ccccc3)CC1)C2=O. The number of amides is 5. The molecule has 3 N–H and O–H groups in total. The molecule has 2 unspecified atom stereocenters. The molecule has 2 atom stereocenters. The Hall–Kier alpha value is -2.94. The van der Waals surface area contributed by atoms with Gasteiger partial charge in [-0.1, -0.05) is 38.0 Å². The van der Waals surface area contributed by atoms with Crippen LogP contribution in [-0.2, 0) is 14.4 Å². The summed E-state index contributed by atoms with van der Waals surface area (Å²) in [7, 11) is 0. The smallest absolute Gasteiger partial charge is 0.325 e. The number of imide groups is 1. The molecule has 2 aliphatic heterocycles. The summed E-state index contributed by atoms with van der Waals surface area (Å²) in [5, 5.41) is 8.73. The van der Waals surface area contributed by atoms with Gasteiger partial charge in [0.25, 0.3) is 5.91 Å². The van der Waals surface area contributed by atoms with E-state index in [4.69, 9.17) is 0 Å². The van der Waals surface area contributed by atoms with E-state index in [1.807, 2.05) is 37.3 Å². The van der Waals surface area contributed by atoms with Crippen LogP contribution in [0.4, 0.5) is 10.5 Å². The Balaban J connectivity index is 1.21. The predicted molar refractivity (Wildman–Crippen MR) is 123 cm³/mol. The van der Waals surface area contributed by atoms with Crippen molar-refractivity contribution in [2.45, 2.75) is 57.0 Å².